The van der Waals surface area contributed by atoms with E-state index in [0.29, 0.717) is 12.4 Å². The summed E-state index contributed by atoms with van der Waals surface area (Å²) >= 11 is 0. The SMILES string of the molecule is OCc1nc2cnc3[nH]ccc3c2n1C1CCCOC1. The summed E-state index contributed by atoms with van der Waals surface area (Å²) in [6.45, 7) is 1.42. The van der Waals surface area contributed by atoms with E-state index in [1.807, 2.05) is 12.3 Å². The zero-order chi connectivity index (χ0) is 13.5. The third kappa shape index (κ3) is 1.65. The van der Waals surface area contributed by atoms with E-state index < -0.39 is 0 Å². The van der Waals surface area contributed by atoms with Crippen molar-refractivity contribution in [3.8, 4) is 0 Å². The summed E-state index contributed by atoms with van der Waals surface area (Å²) in [5.74, 6) is 0.686. The standard InChI is InChI=1S/C14H16N4O2/c19-7-12-17-11-6-16-14-10(3-4-15-14)13(11)18(12)9-2-1-5-20-8-9/h3-4,6,9,19H,1-2,5,7-8H2,(H,15,16). The van der Waals surface area contributed by atoms with Crippen LogP contribution in [0.5, 0.6) is 0 Å². The average molecular weight is 272 g/mol. The number of hydrogen-bond acceptors (Lipinski definition) is 4. The minimum absolute atomic E-state index is 0.0723. The van der Waals surface area contributed by atoms with Crippen LogP contribution in [0.1, 0.15) is 24.7 Å². The highest BCUT2D eigenvalue weighted by Crippen LogP contribution is 2.30. The van der Waals surface area contributed by atoms with Crippen LogP contribution >= 0.6 is 0 Å². The summed E-state index contributed by atoms with van der Waals surface area (Å²) in [7, 11) is 0. The summed E-state index contributed by atoms with van der Waals surface area (Å²) in [5.41, 5.74) is 2.71. The lowest BCUT2D eigenvalue weighted by Crippen LogP contribution is -2.22. The molecule has 0 amide bonds. The molecule has 0 bridgehead atoms. The van der Waals surface area contributed by atoms with Gasteiger partial charge in [0.15, 0.2) is 0 Å². The molecule has 4 heterocycles. The third-order valence-corrected chi connectivity index (χ3v) is 3.95. The Morgan fingerprint density at radius 3 is 3.25 bits per heavy atom. The Balaban J connectivity index is 2.01. The highest BCUT2D eigenvalue weighted by atomic mass is 16.5. The lowest BCUT2D eigenvalue weighted by molar-refractivity contribution is 0.0582. The predicted molar refractivity (Wildman–Crippen MR) is 74.4 cm³/mol. The molecule has 1 aliphatic heterocycles. The minimum atomic E-state index is -0.0723. The van der Waals surface area contributed by atoms with Gasteiger partial charge in [-0.05, 0) is 18.9 Å². The molecule has 1 unspecified atom stereocenters. The molecule has 20 heavy (non-hydrogen) atoms. The first kappa shape index (κ1) is 11.9. The Morgan fingerprint density at radius 2 is 2.45 bits per heavy atom. The number of aromatic amines is 1. The second kappa shape index (κ2) is 4.57. The maximum Gasteiger partial charge on any atom is 0.139 e. The number of aliphatic hydroxyl groups excluding tert-OH is 1. The highest BCUT2D eigenvalue weighted by Gasteiger charge is 2.23. The third-order valence-electron chi connectivity index (χ3n) is 3.95. The van der Waals surface area contributed by atoms with Gasteiger partial charge in [0.1, 0.15) is 23.6 Å². The first-order valence-electron chi connectivity index (χ1n) is 6.90. The van der Waals surface area contributed by atoms with E-state index in [0.717, 1.165) is 41.5 Å². The number of aromatic nitrogens is 4. The molecule has 3 aromatic rings. The lowest BCUT2D eigenvalue weighted by Gasteiger charge is -2.25. The van der Waals surface area contributed by atoms with E-state index in [1.165, 1.54) is 0 Å². The largest absolute Gasteiger partial charge is 0.388 e. The van der Waals surface area contributed by atoms with Crippen molar-refractivity contribution >= 4 is 22.1 Å². The number of rotatable bonds is 2. The van der Waals surface area contributed by atoms with Crippen molar-refractivity contribution in [1.82, 2.24) is 19.5 Å². The second-order valence-corrected chi connectivity index (χ2v) is 5.16. The van der Waals surface area contributed by atoms with Gasteiger partial charge in [-0.25, -0.2) is 9.97 Å². The normalized spacial score (nSPS) is 19.9. The zero-order valence-electron chi connectivity index (χ0n) is 11.0. The molecule has 0 aliphatic carbocycles. The molecule has 1 atom stereocenters. The first-order valence-corrected chi connectivity index (χ1v) is 6.90. The van der Waals surface area contributed by atoms with Crippen LogP contribution in [0.4, 0.5) is 0 Å². The molecule has 1 fully saturated rings. The summed E-state index contributed by atoms with van der Waals surface area (Å²) < 4.78 is 7.73. The van der Waals surface area contributed by atoms with E-state index >= 15 is 0 Å². The fraction of sp³-hybridized carbons (Fsp3) is 0.429. The molecule has 1 saturated heterocycles. The van der Waals surface area contributed by atoms with E-state index in [9.17, 15) is 5.11 Å². The Bertz CT molecular complexity index is 755. The van der Waals surface area contributed by atoms with Crippen molar-refractivity contribution in [3.63, 3.8) is 0 Å². The number of imidazole rings is 1. The maximum absolute atomic E-state index is 9.62. The Kier molecular flexibility index (Phi) is 2.71. The monoisotopic (exact) mass is 272 g/mol. The van der Waals surface area contributed by atoms with Crippen LogP contribution in [0.2, 0.25) is 0 Å². The quantitative estimate of drug-likeness (QED) is 0.745. The van der Waals surface area contributed by atoms with Crippen molar-refractivity contribution in [2.24, 2.45) is 0 Å². The van der Waals surface area contributed by atoms with Gasteiger partial charge in [-0.2, -0.15) is 0 Å². The van der Waals surface area contributed by atoms with Crippen LogP contribution in [0.3, 0.4) is 0 Å². The molecule has 0 saturated carbocycles. The maximum atomic E-state index is 9.62. The number of H-pyrrole nitrogens is 1. The predicted octanol–water partition coefficient (Wildman–Crippen LogP) is 1.76. The van der Waals surface area contributed by atoms with Crippen LogP contribution in [-0.4, -0.2) is 37.8 Å². The molecule has 4 rings (SSSR count). The summed E-state index contributed by atoms with van der Waals surface area (Å²) in [4.78, 5) is 12.0. The zero-order valence-corrected chi connectivity index (χ0v) is 11.0. The highest BCUT2D eigenvalue weighted by molar-refractivity contribution is 6.01. The second-order valence-electron chi connectivity index (χ2n) is 5.16. The van der Waals surface area contributed by atoms with Crippen molar-refractivity contribution in [3.05, 3.63) is 24.3 Å². The van der Waals surface area contributed by atoms with Crippen molar-refractivity contribution < 1.29 is 9.84 Å². The summed E-state index contributed by atoms with van der Waals surface area (Å²) in [6, 6.07) is 2.24. The lowest BCUT2D eigenvalue weighted by atomic mass is 10.1. The number of ether oxygens (including phenoxy) is 1. The molecule has 0 aromatic carbocycles. The van der Waals surface area contributed by atoms with Gasteiger partial charge >= 0.3 is 0 Å². The molecule has 104 valence electrons. The number of aliphatic hydroxyl groups is 1. The van der Waals surface area contributed by atoms with E-state index in [1.54, 1.807) is 6.20 Å². The van der Waals surface area contributed by atoms with Gasteiger partial charge in [0.05, 0.1) is 24.4 Å². The van der Waals surface area contributed by atoms with Gasteiger partial charge in [-0.15, -0.1) is 0 Å². The van der Waals surface area contributed by atoms with Crippen LogP contribution < -0.4 is 0 Å². The molecule has 2 N–H and O–H groups in total. The average Bonchev–Trinajstić information content (AvgIpc) is 3.11. The molecule has 0 spiro atoms. The summed E-state index contributed by atoms with van der Waals surface area (Å²) in [6.07, 6.45) is 5.72. The van der Waals surface area contributed by atoms with Crippen molar-refractivity contribution in [2.45, 2.75) is 25.5 Å². The van der Waals surface area contributed by atoms with Crippen LogP contribution in [0.15, 0.2) is 18.5 Å². The van der Waals surface area contributed by atoms with Crippen LogP contribution in [-0.2, 0) is 11.3 Å². The number of fused-ring (bicyclic) bond motifs is 3. The molecular formula is C14H16N4O2. The topological polar surface area (TPSA) is 76.0 Å². The Hall–Kier alpha value is -1.92. The van der Waals surface area contributed by atoms with Gasteiger partial charge < -0.3 is 19.4 Å². The molecule has 6 heteroatoms. The smallest absolute Gasteiger partial charge is 0.139 e. The fourth-order valence-corrected chi connectivity index (χ4v) is 3.07. The summed E-state index contributed by atoms with van der Waals surface area (Å²) in [5, 5.41) is 10.7. The van der Waals surface area contributed by atoms with Gasteiger partial charge in [0.25, 0.3) is 0 Å². The number of nitrogens with zero attached hydrogens (tertiary/aromatic N) is 3. The number of nitrogens with one attached hydrogen (secondary N) is 1. The molecule has 3 aromatic heterocycles. The molecular weight excluding hydrogens is 256 g/mol. The van der Waals surface area contributed by atoms with E-state index in [2.05, 4.69) is 19.5 Å². The van der Waals surface area contributed by atoms with Gasteiger partial charge in [0, 0.05) is 18.2 Å². The van der Waals surface area contributed by atoms with Crippen molar-refractivity contribution in [2.75, 3.05) is 13.2 Å². The van der Waals surface area contributed by atoms with E-state index in [4.69, 9.17) is 4.74 Å². The Labute approximate surface area is 115 Å². The van der Waals surface area contributed by atoms with Gasteiger partial charge in [0.2, 0.25) is 0 Å². The number of pyridine rings is 1. The number of hydrogen-bond donors (Lipinski definition) is 2. The van der Waals surface area contributed by atoms with Crippen molar-refractivity contribution in [1.29, 1.82) is 0 Å². The molecule has 1 aliphatic rings. The van der Waals surface area contributed by atoms with Gasteiger partial charge in [-0.3, -0.25) is 0 Å². The van der Waals surface area contributed by atoms with Crippen LogP contribution in [0, 0.1) is 0 Å². The first-order chi connectivity index (χ1) is 9.88. The Morgan fingerprint density at radius 1 is 1.50 bits per heavy atom. The van der Waals surface area contributed by atoms with Crippen LogP contribution in [0.25, 0.3) is 22.1 Å². The minimum Gasteiger partial charge on any atom is -0.388 e. The molecule has 0 radical (unpaired) electrons. The molecule has 6 nitrogen and oxygen atoms in total. The fourth-order valence-electron chi connectivity index (χ4n) is 3.07. The van der Waals surface area contributed by atoms with E-state index in [-0.39, 0.29) is 12.6 Å². The van der Waals surface area contributed by atoms with Gasteiger partial charge in [-0.1, -0.05) is 0 Å².